The van der Waals surface area contributed by atoms with Crippen LogP contribution in [0.4, 0.5) is 17.1 Å². The number of fused-ring (bicyclic) bond motifs is 6. The number of thiophene rings is 1. The van der Waals surface area contributed by atoms with Gasteiger partial charge >= 0.3 is 0 Å². The molecule has 0 N–H and O–H groups in total. The summed E-state index contributed by atoms with van der Waals surface area (Å²) in [5.41, 5.74) is 5.11. The van der Waals surface area contributed by atoms with E-state index in [4.69, 9.17) is 4.42 Å². The maximum absolute atomic E-state index is 6.21. The highest BCUT2D eigenvalue weighted by Crippen LogP contribution is 2.42. The third kappa shape index (κ3) is 3.14. The van der Waals surface area contributed by atoms with Gasteiger partial charge in [-0.05, 0) is 60.7 Å². The van der Waals surface area contributed by atoms with E-state index in [-0.39, 0.29) is 0 Å². The van der Waals surface area contributed by atoms with Gasteiger partial charge in [-0.3, -0.25) is 0 Å². The molecule has 0 amide bonds. The SMILES string of the molecule is Brc1ccc2c(c1)sc1ccc(N(c3ccccc3)c3ccc4c(c3)oc3ccccc34)cc12. The van der Waals surface area contributed by atoms with E-state index >= 15 is 0 Å². The Morgan fingerprint density at radius 3 is 2.18 bits per heavy atom. The molecule has 2 nitrogen and oxygen atoms in total. The largest absolute Gasteiger partial charge is 0.456 e. The predicted molar refractivity (Wildman–Crippen MR) is 149 cm³/mol. The van der Waals surface area contributed by atoms with Crippen molar-refractivity contribution >= 4 is 86.4 Å². The second-order valence-electron chi connectivity index (χ2n) is 8.37. The van der Waals surface area contributed by atoms with E-state index in [0.29, 0.717) is 0 Å². The predicted octanol–water partition coefficient (Wildman–Crippen LogP) is 10.2. The average molecular weight is 520 g/mol. The third-order valence-corrected chi connectivity index (χ3v) is 7.94. The fourth-order valence-corrected chi connectivity index (χ4v) is 6.39. The normalized spacial score (nSPS) is 11.7. The van der Waals surface area contributed by atoms with Crippen LogP contribution in [0.2, 0.25) is 0 Å². The highest BCUT2D eigenvalue weighted by molar-refractivity contribution is 9.10. The Hall–Kier alpha value is -3.60. The number of furan rings is 1. The summed E-state index contributed by atoms with van der Waals surface area (Å²) >= 11 is 5.44. The van der Waals surface area contributed by atoms with Crippen LogP contribution < -0.4 is 4.90 Å². The summed E-state index contributed by atoms with van der Waals surface area (Å²) in [5, 5.41) is 4.84. The molecule has 0 radical (unpaired) electrons. The Bertz CT molecular complexity index is 1830. The molecular formula is C30H18BrNOS. The highest BCUT2D eigenvalue weighted by atomic mass is 79.9. The van der Waals surface area contributed by atoms with Crippen molar-refractivity contribution in [2.45, 2.75) is 0 Å². The zero-order valence-corrected chi connectivity index (χ0v) is 20.4. The van der Waals surface area contributed by atoms with Crippen molar-refractivity contribution in [3.05, 3.63) is 114 Å². The van der Waals surface area contributed by atoms with Gasteiger partial charge in [0.25, 0.3) is 0 Å². The Labute approximate surface area is 208 Å². The van der Waals surface area contributed by atoms with Crippen LogP contribution in [-0.2, 0) is 0 Å². The Balaban J connectivity index is 1.45. The number of halogens is 1. The lowest BCUT2D eigenvalue weighted by Gasteiger charge is -2.25. The zero-order chi connectivity index (χ0) is 22.6. The molecule has 0 unspecified atom stereocenters. The van der Waals surface area contributed by atoms with Gasteiger partial charge in [0.05, 0.1) is 0 Å². The molecule has 0 fully saturated rings. The standard InChI is InChI=1S/C30H18BrNOS/c31-19-10-13-25-26-17-21(12-15-29(26)34-30(25)16-19)32(20-6-2-1-3-7-20)22-11-14-24-23-8-4-5-9-27(23)33-28(24)18-22/h1-18H. The second kappa shape index (κ2) is 7.73. The minimum atomic E-state index is 0.895. The lowest BCUT2D eigenvalue weighted by molar-refractivity contribution is 0.669. The Morgan fingerprint density at radius 1 is 0.529 bits per heavy atom. The lowest BCUT2D eigenvalue weighted by atomic mass is 10.1. The van der Waals surface area contributed by atoms with Crippen LogP contribution in [-0.4, -0.2) is 0 Å². The molecule has 4 heteroatoms. The summed E-state index contributed by atoms with van der Waals surface area (Å²) < 4.78 is 9.90. The Kier molecular flexibility index (Phi) is 4.51. The van der Waals surface area contributed by atoms with Crippen LogP contribution in [0, 0.1) is 0 Å². The summed E-state index contributed by atoms with van der Waals surface area (Å²) in [6.45, 7) is 0. The van der Waals surface area contributed by atoms with Crippen LogP contribution >= 0.6 is 27.3 Å². The van der Waals surface area contributed by atoms with Crippen LogP contribution in [0.25, 0.3) is 42.1 Å². The molecule has 0 saturated heterocycles. The molecule has 0 atom stereocenters. The van der Waals surface area contributed by atoms with Crippen molar-refractivity contribution in [2.24, 2.45) is 0 Å². The first-order valence-electron chi connectivity index (χ1n) is 11.1. The van der Waals surface area contributed by atoms with Crippen molar-refractivity contribution in [1.29, 1.82) is 0 Å². The molecule has 0 aliphatic carbocycles. The van der Waals surface area contributed by atoms with Crippen LogP contribution in [0.1, 0.15) is 0 Å². The Morgan fingerprint density at radius 2 is 1.26 bits per heavy atom. The second-order valence-corrected chi connectivity index (χ2v) is 10.4. The van der Waals surface area contributed by atoms with Crippen molar-refractivity contribution in [2.75, 3.05) is 4.90 Å². The van der Waals surface area contributed by atoms with Gasteiger partial charge in [-0.2, -0.15) is 0 Å². The molecule has 5 aromatic carbocycles. The van der Waals surface area contributed by atoms with Gasteiger partial charge in [-0.25, -0.2) is 0 Å². The monoisotopic (exact) mass is 519 g/mol. The van der Waals surface area contributed by atoms with E-state index in [0.717, 1.165) is 43.5 Å². The first-order chi connectivity index (χ1) is 16.7. The van der Waals surface area contributed by atoms with E-state index in [1.54, 1.807) is 0 Å². The average Bonchev–Trinajstić information content (AvgIpc) is 3.42. The van der Waals surface area contributed by atoms with Gasteiger partial charge in [0.2, 0.25) is 0 Å². The van der Waals surface area contributed by atoms with Gasteiger partial charge < -0.3 is 9.32 Å². The van der Waals surface area contributed by atoms with E-state index in [1.807, 2.05) is 23.5 Å². The van der Waals surface area contributed by atoms with Crippen LogP contribution in [0.5, 0.6) is 0 Å². The number of hydrogen-bond acceptors (Lipinski definition) is 3. The smallest absolute Gasteiger partial charge is 0.137 e. The van der Waals surface area contributed by atoms with Gasteiger partial charge in [-0.15, -0.1) is 11.3 Å². The molecule has 34 heavy (non-hydrogen) atoms. The van der Waals surface area contributed by atoms with Gasteiger partial charge in [0.15, 0.2) is 0 Å². The molecule has 0 aliphatic heterocycles. The fraction of sp³-hybridized carbons (Fsp3) is 0. The van der Waals surface area contributed by atoms with Crippen molar-refractivity contribution in [3.8, 4) is 0 Å². The van der Waals surface area contributed by atoms with Gasteiger partial charge in [-0.1, -0.05) is 58.4 Å². The minimum Gasteiger partial charge on any atom is -0.456 e. The zero-order valence-electron chi connectivity index (χ0n) is 18.0. The maximum Gasteiger partial charge on any atom is 0.137 e. The maximum atomic E-state index is 6.21. The molecule has 7 aromatic rings. The highest BCUT2D eigenvalue weighted by Gasteiger charge is 2.16. The number of para-hydroxylation sites is 2. The quantitative estimate of drug-likeness (QED) is 0.230. The molecule has 2 heterocycles. The summed E-state index contributed by atoms with van der Waals surface area (Å²) in [6.07, 6.45) is 0. The van der Waals surface area contributed by atoms with Crippen molar-refractivity contribution in [1.82, 2.24) is 0 Å². The van der Waals surface area contributed by atoms with Crippen molar-refractivity contribution < 1.29 is 4.42 Å². The molecule has 0 saturated carbocycles. The van der Waals surface area contributed by atoms with E-state index in [2.05, 4.69) is 118 Å². The summed E-state index contributed by atoms with van der Waals surface area (Å²) in [6, 6.07) is 38.5. The lowest BCUT2D eigenvalue weighted by Crippen LogP contribution is -2.09. The van der Waals surface area contributed by atoms with Gasteiger partial charge in [0, 0.05) is 58.5 Å². The first kappa shape index (κ1) is 19.8. The van der Waals surface area contributed by atoms with E-state index in [1.165, 1.54) is 20.2 Å². The van der Waals surface area contributed by atoms with E-state index < -0.39 is 0 Å². The molecule has 0 bridgehead atoms. The topological polar surface area (TPSA) is 16.4 Å². The fourth-order valence-electron chi connectivity index (χ4n) is 4.76. The number of anilines is 3. The van der Waals surface area contributed by atoms with Gasteiger partial charge in [0.1, 0.15) is 11.2 Å². The molecule has 0 aliphatic rings. The minimum absolute atomic E-state index is 0.895. The molecular weight excluding hydrogens is 502 g/mol. The number of rotatable bonds is 3. The summed E-state index contributed by atoms with van der Waals surface area (Å²) in [7, 11) is 0. The molecule has 7 rings (SSSR count). The summed E-state index contributed by atoms with van der Waals surface area (Å²) in [5.74, 6) is 0. The van der Waals surface area contributed by atoms with Crippen molar-refractivity contribution in [3.63, 3.8) is 0 Å². The first-order valence-corrected chi connectivity index (χ1v) is 12.7. The van der Waals surface area contributed by atoms with E-state index in [9.17, 15) is 0 Å². The number of benzene rings is 5. The molecule has 0 spiro atoms. The molecule has 2 aromatic heterocycles. The van der Waals surface area contributed by atoms with Crippen LogP contribution in [0.15, 0.2) is 118 Å². The number of nitrogens with zero attached hydrogens (tertiary/aromatic N) is 1. The van der Waals surface area contributed by atoms with Crippen LogP contribution in [0.3, 0.4) is 0 Å². The number of hydrogen-bond donors (Lipinski definition) is 0. The molecule has 162 valence electrons. The third-order valence-electron chi connectivity index (χ3n) is 6.31. The summed E-state index contributed by atoms with van der Waals surface area (Å²) in [4.78, 5) is 2.30.